The lowest BCUT2D eigenvalue weighted by atomic mass is 9.89. The van der Waals surface area contributed by atoms with Crippen molar-refractivity contribution in [3.05, 3.63) is 95.6 Å². The van der Waals surface area contributed by atoms with Crippen LogP contribution in [0.2, 0.25) is 0 Å². The molecule has 4 rings (SSSR count). The summed E-state index contributed by atoms with van der Waals surface area (Å²) in [5.74, 6) is 0. The molecule has 0 bridgehead atoms. The lowest BCUT2D eigenvalue weighted by Crippen LogP contribution is -2.09. The number of allylic oxidation sites excluding steroid dienone is 8. The Hall–Kier alpha value is -2.63. The van der Waals surface area contributed by atoms with Gasteiger partial charge in [-0.3, -0.25) is 0 Å². The van der Waals surface area contributed by atoms with Crippen LogP contribution < -0.4 is 5.30 Å². The predicted molar refractivity (Wildman–Crippen MR) is 139 cm³/mol. The molecule has 3 aromatic rings. The molecule has 0 saturated heterocycles. The average Bonchev–Trinajstić information content (AvgIpc) is 2.75. The molecule has 2 heteroatoms. The van der Waals surface area contributed by atoms with Gasteiger partial charge in [0.25, 0.3) is 0 Å². The van der Waals surface area contributed by atoms with Crippen LogP contribution in [-0.4, -0.2) is 13.3 Å². The van der Waals surface area contributed by atoms with Crippen LogP contribution in [0.15, 0.2) is 90.1 Å². The molecule has 3 aromatic carbocycles. The van der Waals surface area contributed by atoms with Crippen LogP contribution in [0.1, 0.15) is 38.7 Å². The van der Waals surface area contributed by atoms with Crippen LogP contribution in [0.25, 0.3) is 27.1 Å². The van der Waals surface area contributed by atoms with Gasteiger partial charge >= 0.3 is 0 Å². The lowest BCUT2D eigenvalue weighted by molar-refractivity contribution is 0.588. The summed E-state index contributed by atoms with van der Waals surface area (Å²) in [7, 11) is -2.46. The van der Waals surface area contributed by atoms with E-state index in [0.29, 0.717) is 0 Å². The Labute approximate surface area is 186 Å². The SMILES string of the molecule is CCC/C(=C\C=C1\C=CC(C)=CC1)c1c2ccccc2c(P(C)(C)=O)c2ccccc12. The van der Waals surface area contributed by atoms with Crippen molar-refractivity contribution in [2.24, 2.45) is 0 Å². The fraction of sp³-hybridized carbons (Fsp3) is 0.241. The molecule has 0 radical (unpaired) electrons. The summed E-state index contributed by atoms with van der Waals surface area (Å²) in [6.45, 7) is 8.16. The van der Waals surface area contributed by atoms with E-state index in [0.717, 1.165) is 35.3 Å². The minimum Gasteiger partial charge on any atom is -0.319 e. The molecule has 0 saturated carbocycles. The van der Waals surface area contributed by atoms with E-state index in [1.165, 1.54) is 33.1 Å². The third-order valence-electron chi connectivity index (χ3n) is 6.00. The lowest BCUT2D eigenvalue weighted by Gasteiger charge is -2.20. The molecule has 1 aliphatic rings. The minimum atomic E-state index is -2.46. The summed E-state index contributed by atoms with van der Waals surface area (Å²) < 4.78 is 13.4. The number of hydrogen-bond acceptors (Lipinski definition) is 1. The Balaban J connectivity index is 2.03. The average molecular weight is 427 g/mol. The summed E-state index contributed by atoms with van der Waals surface area (Å²) in [6.07, 6.45) is 14.3. The first kappa shape index (κ1) is 21.6. The standard InChI is InChI=1S/C29H31OP/c1-5-10-23(20-19-22-17-15-21(2)16-18-22)28-24-11-6-8-13-26(24)29(31(3,4)30)27-14-9-7-12-25(27)28/h6-9,11-17,19-20H,5,10,18H2,1-4H3/b22-19-,23-20+. The molecule has 0 heterocycles. The summed E-state index contributed by atoms with van der Waals surface area (Å²) in [4.78, 5) is 0. The van der Waals surface area contributed by atoms with Crippen LogP contribution in [0.3, 0.4) is 0 Å². The quantitative estimate of drug-likeness (QED) is 0.296. The van der Waals surface area contributed by atoms with Gasteiger partial charge in [-0.25, -0.2) is 0 Å². The molecule has 1 aliphatic carbocycles. The second kappa shape index (κ2) is 8.85. The van der Waals surface area contributed by atoms with Crippen molar-refractivity contribution in [3.63, 3.8) is 0 Å². The molecule has 0 aromatic heterocycles. The molecule has 0 N–H and O–H groups in total. The first-order chi connectivity index (χ1) is 14.9. The minimum absolute atomic E-state index is 0.980. The molecule has 0 amide bonds. The zero-order chi connectivity index (χ0) is 22.0. The first-order valence-electron chi connectivity index (χ1n) is 11.1. The van der Waals surface area contributed by atoms with Crippen LogP contribution in [-0.2, 0) is 4.57 Å². The van der Waals surface area contributed by atoms with E-state index in [2.05, 4.69) is 92.8 Å². The van der Waals surface area contributed by atoms with E-state index in [1.54, 1.807) is 0 Å². The monoisotopic (exact) mass is 426 g/mol. The molecular weight excluding hydrogens is 395 g/mol. The van der Waals surface area contributed by atoms with E-state index < -0.39 is 7.14 Å². The van der Waals surface area contributed by atoms with Gasteiger partial charge in [-0.05, 0) is 71.3 Å². The second-order valence-corrected chi connectivity index (χ2v) is 12.0. The first-order valence-corrected chi connectivity index (χ1v) is 13.7. The van der Waals surface area contributed by atoms with Crippen molar-refractivity contribution in [2.45, 2.75) is 33.1 Å². The smallest absolute Gasteiger partial charge is 0.111 e. The Morgan fingerprint density at radius 1 is 0.935 bits per heavy atom. The Bertz CT molecular complexity index is 1250. The molecule has 0 atom stereocenters. The zero-order valence-corrected chi connectivity index (χ0v) is 19.9. The second-order valence-electron chi connectivity index (χ2n) is 8.83. The molecular formula is C29H31OP. The third-order valence-corrected chi connectivity index (χ3v) is 7.56. The number of hydrogen-bond donors (Lipinski definition) is 0. The highest BCUT2D eigenvalue weighted by Crippen LogP contribution is 2.44. The molecule has 0 spiro atoms. The van der Waals surface area contributed by atoms with Gasteiger partial charge in [-0.1, -0.05) is 97.8 Å². The van der Waals surface area contributed by atoms with Gasteiger partial charge in [0.1, 0.15) is 7.14 Å². The van der Waals surface area contributed by atoms with E-state index >= 15 is 0 Å². The highest BCUT2D eigenvalue weighted by atomic mass is 31.2. The largest absolute Gasteiger partial charge is 0.319 e. The van der Waals surface area contributed by atoms with Gasteiger partial charge < -0.3 is 4.57 Å². The highest BCUT2D eigenvalue weighted by molar-refractivity contribution is 7.71. The summed E-state index contributed by atoms with van der Waals surface area (Å²) in [5.41, 5.74) is 5.28. The van der Waals surface area contributed by atoms with Crippen molar-refractivity contribution in [3.8, 4) is 0 Å². The van der Waals surface area contributed by atoms with Crippen LogP contribution >= 0.6 is 7.14 Å². The van der Waals surface area contributed by atoms with E-state index in [4.69, 9.17) is 0 Å². The number of benzene rings is 3. The third kappa shape index (κ3) is 4.39. The van der Waals surface area contributed by atoms with E-state index in [-0.39, 0.29) is 0 Å². The number of rotatable bonds is 5. The van der Waals surface area contributed by atoms with Crippen molar-refractivity contribution < 1.29 is 4.57 Å². The Morgan fingerprint density at radius 3 is 2.00 bits per heavy atom. The normalized spacial score (nSPS) is 16.3. The molecule has 31 heavy (non-hydrogen) atoms. The maximum absolute atomic E-state index is 13.4. The van der Waals surface area contributed by atoms with Crippen LogP contribution in [0.4, 0.5) is 0 Å². The molecule has 0 unspecified atom stereocenters. The number of fused-ring (bicyclic) bond motifs is 2. The van der Waals surface area contributed by atoms with Gasteiger partial charge in [-0.15, -0.1) is 0 Å². The van der Waals surface area contributed by atoms with Crippen LogP contribution in [0.5, 0.6) is 0 Å². The topological polar surface area (TPSA) is 17.1 Å². The van der Waals surface area contributed by atoms with E-state index in [1.807, 2.05) is 13.3 Å². The maximum atomic E-state index is 13.4. The Morgan fingerprint density at radius 2 is 1.52 bits per heavy atom. The fourth-order valence-electron chi connectivity index (χ4n) is 4.58. The predicted octanol–water partition coefficient (Wildman–Crippen LogP) is 8.26. The van der Waals surface area contributed by atoms with Crippen molar-refractivity contribution in [1.29, 1.82) is 0 Å². The van der Waals surface area contributed by atoms with Gasteiger partial charge in [-0.2, -0.15) is 0 Å². The molecule has 1 nitrogen and oxygen atoms in total. The van der Waals surface area contributed by atoms with Crippen molar-refractivity contribution in [1.82, 2.24) is 0 Å². The highest BCUT2D eigenvalue weighted by Gasteiger charge is 2.22. The molecule has 158 valence electrons. The van der Waals surface area contributed by atoms with Crippen molar-refractivity contribution >= 4 is 39.6 Å². The van der Waals surface area contributed by atoms with Crippen molar-refractivity contribution in [2.75, 3.05) is 13.3 Å². The maximum Gasteiger partial charge on any atom is 0.111 e. The van der Waals surface area contributed by atoms with Gasteiger partial charge in [0.2, 0.25) is 0 Å². The van der Waals surface area contributed by atoms with Gasteiger partial charge in [0.05, 0.1) is 0 Å². The van der Waals surface area contributed by atoms with Gasteiger partial charge in [0, 0.05) is 5.30 Å². The molecule has 0 fully saturated rings. The summed E-state index contributed by atoms with van der Waals surface area (Å²) in [6, 6.07) is 17.0. The van der Waals surface area contributed by atoms with Crippen LogP contribution in [0, 0.1) is 0 Å². The molecule has 0 aliphatic heterocycles. The van der Waals surface area contributed by atoms with E-state index in [9.17, 15) is 4.57 Å². The Kier molecular flexibility index (Phi) is 6.17. The van der Waals surface area contributed by atoms with Gasteiger partial charge in [0.15, 0.2) is 0 Å². The zero-order valence-electron chi connectivity index (χ0n) is 19.0. The summed E-state index contributed by atoms with van der Waals surface area (Å²) in [5, 5.41) is 5.65. The fourth-order valence-corrected chi connectivity index (χ4v) is 6.13. The summed E-state index contributed by atoms with van der Waals surface area (Å²) >= 11 is 0.